The van der Waals surface area contributed by atoms with E-state index in [1.54, 1.807) is 0 Å². The predicted octanol–water partition coefficient (Wildman–Crippen LogP) is 2.10. The second-order valence-electron chi connectivity index (χ2n) is 6.71. The molecule has 1 unspecified atom stereocenters. The van der Waals surface area contributed by atoms with Crippen LogP contribution in [0, 0.1) is 0 Å². The van der Waals surface area contributed by atoms with Gasteiger partial charge in [-0.15, -0.1) is 0 Å². The summed E-state index contributed by atoms with van der Waals surface area (Å²) in [6.45, 7) is 5.90. The number of rotatable bonds is 4. The number of anilines is 1. The van der Waals surface area contributed by atoms with Gasteiger partial charge in [0.2, 0.25) is 5.91 Å². The van der Waals surface area contributed by atoms with E-state index in [1.165, 1.54) is 12.8 Å². The quantitative estimate of drug-likeness (QED) is 0.864. The molecule has 0 saturated carbocycles. The zero-order valence-electron chi connectivity index (χ0n) is 13.6. The molecule has 1 amide bonds. The number of hydrogen-bond acceptors (Lipinski definition) is 3. The topological polar surface area (TPSA) is 49.6 Å². The lowest BCUT2D eigenvalue weighted by Gasteiger charge is -2.33. The molecule has 2 rings (SSSR count). The summed E-state index contributed by atoms with van der Waals surface area (Å²) >= 11 is 0. The molecule has 4 heteroatoms. The lowest BCUT2D eigenvalue weighted by atomic mass is 9.83. The van der Waals surface area contributed by atoms with E-state index >= 15 is 0 Å². The van der Waals surface area contributed by atoms with Crippen molar-refractivity contribution in [2.24, 2.45) is 0 Å². The van der Waals surface area contributed by atoms with Gasteiger partial charge < -0.3 is 15.5 Å². The predicted molar refractivity (Wildman–Crippen MR) is 87.2 cm³/mol. The lowest BCUT2D eigenvalue weighted by Crippen LogP contribution is -2.46. The number of benzene rings is 1. The normalized spacial score (nSPS) is 19.7. The van der Waals surface area contributed by atoms with Crippen LogP contribution >= 0.6 is 0 Å². The summed E-state index contributed by atoms with van der Waals surface area (Å²) in [4.78, 5) is 17.0. The van der Waals surface area contributed by atoms with Crippen molar-refractivity contribution in [3.63, 3.8) is 0 Å². The number of likely N-dealkylation sites (N-methyl/N-ethyl adjacent to an activating group) is 2. The Labute approximate surface area is 127 Å². The van der Waals surface area contributed by atoms with Gasteiger partial charge in [0.25, 0.3) is 0 Å². The number of hydrogen-bond donors (Lipinski definition) is 1. The van der Waals surface area contributed by atoms with Crippen molar-refractivity contribution in [3.05, 3.63) is 29.8 Å². The van der Waals surface area contributed by atoms with E-state index in [4.69, 9.17) is 5.73 Å². The molecule has 0 aromatic heterocycles. The first kappa shape index (κ1) is 15.8. The Morgan fingerprint density at radius 2 is 2.00 bits per heavy atom. The van der Waals surface area contributed by atoms with Crippen molar-refractivity contribution in [3.8, 4) is 0 Å². The van der Waals surface area contributed by atoms with Gasteiger partial charge in [0.05, 0.1) is 5.41 Å². The second-order valence-corrected chi connectivity index (χ2v) is 6.71. The first-order valence-electron chi connectivity index (χ1n) is 7.64. The van der Waals surface area contributed by atoms with Crippen LogP contribution < -0.4 is 5.73 Å². The van der Waals surface area contributed by atoms with Crippen molar-refractivity contribution in [2.75, 3.05) is 32.9 Å². The Morgan fingerprint density at radius 3 is 2.52 bits per heavy atom. The fourth-order valence-corrected chi connectivity index (χ4v) is 3.11. The highest BCUT2D eigenvalue weighted by Gasteiger charge is 2.34. The first-order chi connectivity index (χ1) is 9.82. The van der Waals surface area contributed by atoms with Crippen LogP contribution in [0.25, 0.3) is 0 Å². The third-order valence-electron chi connectivity index (χ3n) is 4.67. The van der Waals surface area contributed by atoms with Gasteiger partial charge in [-0.05, 0) is 58.0 Å². The van der Waals surface area contributed by atoms with Crippen LogP contribution in [0.3, 0.4) is 0 Å². The number of carbonyl (C=O) groups is 1. The van der Waals surface area contributed by atoms with E-state index in [1.807, 2.05) is 50.1 Å². The fraction of sp³-hybridized carbons (Fsp3) is 0.588. The molecule has 4 nitrogen and oxygen atoms in total. The van der Waals surface area contributed by atoms with Crippen LogP contribution in [-0.4, -0.2) is 48.9 Å². The zero-order chi connectivity index (χ0) is 15.6. The van der Waals surface area contributed by atoms with E-state index in [9.17, 15) is 4.79 Å². The Hall–Kier alpha value is -1.55. The Kier molecular flexibility index (Phi) is 4.57. The highest BCUT2D eigenvalue weighted by molar-refractivity contribution is 5.87. The summed E-state index contributed by atoms with van der Waals surface area (Å²) in [6.07, 6.45) is 2.40. The third-order valence-corrected chi connectivity index (χ3v) is 4.67. The summed E-state index contributed by atoms with van der Waals surface area (Å²) in [5.41, 5.74) is 6.93. The van der Waals surface area contributed by atoms with Gasteiger partial charge in [0.15, 0.2) is 0 Å². The largest absolute Gasteiger partial charge is 0.399 e. The van der Waals surface area contributed by atoms with Crippen molar-refractivity contribution in [2.45, 2.75) is 38.1 Å². The SMILES string of the molecule is CN(CC1CCCN1C)C(=O)C(C)(C)c1ccc(N)cc1. The number of nitrogens with two attached hydrogens (primary N) is 1. The summed E-state index contributed by atoms with van der Waals surface area (Å²) in [5.74, 6) is 0.160. The molecule has 2 N–H and O–H groups in total. The standard InChI is InChI=1S/C17H27N3O/c1-17(2,13-7-9-14(18)10-8-13)16(21)20(4)12-15-6-5-11-19(15)3/h7-10,15H,5-6,11-12,18H2,1-4H3. The Morgan fingerprint density at radius 1 is 1.38 bits per heavy atom. The van der Waals surface area contributed by atoms with Gasteiger partial charge >= 0.3 is 0 Å². The molecule has 1 fully saturated rings. The number of amides is 1. The third kappa shape index (κ3) is 3.38. The molecular weight excluding hydrogens is 262 g/mol. The molecule has 1 aromatic carbocycles. The summed E-state index contributed by atoms with van der Waals surface area (Å²) < 4.78 is 0. The van der Waals surface area contributed by atoms with Gasteiger partial charge in [0.1, 0.15) is 0 Å². The Balaban J connectivity index is 2.08. The first-order valence-corrected chi connectivity index (χ1v) is 7.64. The van der Waals surface area contributed by atoms with Gasteiger partial charge in [0, 0.05) is 25.3 Å². The lowest BCUT2D eigenvalue weighted by molar-refractivity contribution is -0.135. The fourth-order valence-electron chi connectivity index (χ4n) is 3.11. The van der Waals surface area contributed by atoms with E-state index < -0.39 is 5.41 Å². The zero-order valence-corrected chi connectivity index (χ0v) is 13.6. The molecule has 21 heavy (non-hydrogen) atoms. The maximum absolute atomic E-state index is 12.8. The van der Waals surface area contributed by atoms with Crippen LogP contribution in [-0.2, 0) is 10.2 Å². The molecule has 1 aromatic rings. The molecule has 1 aliphatic rings. The van der Waals surface area contributed by atoms with E-state index in [2.05, 4.69) is 11.9 Å². The molecule has 0 radical (unpaired) electrons. The van der Waals surface area contributed by atoms with Crippen molar-refractivity contribution < 1.29 is 4.79 Å². The van der Waals surface area contributed by atoms with Crippen LogP contribution in [0.1, 0.15) is 32.3 Å². The average molecular weight is 289 g/mol. The number of nitrogen functional groups attached to an aromatic ring is 1. The monoisotopic (exact) mass is 289 g/mol. The minimum absolute atomic E-state index is 0.160. The maximum Gasteiger partial charge on any atom is 0.232 e. The van der Waals surface area contributed by atoms with Crippen molar-refractivity contribution in [1.29, 1.82) is 0 Å². The average Bonchev–Trinajstić information content (AvgIpc) is 2.83. The van der Waals surface area contributed by atoms with Crippen molar-refractivity contribution in [1.82, 2.24) is 9.80 Å². The van der Waals surface area contributed by atoms with E-state index in [0.717, 1.165) is 24.3 Å². The maximum atomic E-state index is 12.8. The minimum Gasteiger partial charge on any atom is -0.399 e. The van der Waals surface area contributed by atoms with Crippen LogP contribution in [0.15, 0.2) is 24.3 Å². The van der Waals surface area contributed by atoms with Crippen molar-refractivity contribution >= 4 is 11.6 Å². The highest BCUT2D eigenvalue weighted by atomic mass is 16.2. The molecule has 116 valence electrons. The molecule has 0 spiro atoms. The number of nitrogens with zero attached hydrogens (tertiary/aromatic N) is 2. The van der Waals surface area contributed by atoms with Crippen LogP contribution in [0.2, 0.25) is 0 Å². The summed E-state index contributed by atoms with van der Waals surface area (Å²) in [5, 5.41) is 0. The molecule has 0 bridgehead atoms. The Bertz CT molecular complexity index is 495. The smallest absolute Gasteiger partial charge is 0.232 e. The summed E-state index contributed by atoms with van der Waals surface area (Å²) in [7, 11) is 4.05. The molecule has 1 saturated heterocycles. The minimum atomic E-state index is -0.528. The van der Waals surface area contributed by atoms with E-state index in [-0.39, 0.29) is 5.91 Å². The second kappa shape index (κ2) is 6.06. The summed E-state index contributed by atoms with van der Waals surface area (Å²) in [6, 6.07) is 8.09. The molecule has 0 aliphatic carbocycles. The van der Waals surface area contributed by atoms with Gasteiger partial charge in [-0.2, -0.15) is 0 Å². The van der Waals surface area contributed by atoms with Gasteiger partial charge in [-0.25, -0.2) is 0 Å². The number of carbonyl (C=O) groups excluding carboxylic acids is 1. The van der Waals surface area contributed by atoms with Gasteiger partial charge in [-0.3, -0.25) is 4.79 Å². The van der Waals surface area contributed by atoms with Gasteiger partial charge in [-0.1, -0.05) is 12.1 Å². The van der Waals surface area contributed by atoms with E-state index in [0.29, 0.717) is 6.04 Å². The highest BCUT2D eigenvalue weighted by Crippen LogP contribution is 2.27. The molecule has 1 atom stereocenters. The molecule has 1 aliphatic heterocycles. The molecular formula is C17H27N3O. The molecule has 1 heterocycles. The van der Waals surface area contributed by atoms with Crippen LogP contribution in [0.4, 0.5) is 5.69 Å². The number of likely N-dealkylation sites (tertiary alicyclic amines) is 1. The van der Waals surface area contributed by atoms with Crippen LogP contribution in [0.5, 0.6) is 0 Å².